The van der Waals surface area contributed by atoms with Gasteiger partial charge in [0.05, 0.1) is 12.4 Å². The largest absolute Gasteiger partial charge is 0.496 e. The zero-order valence-electron chi connectivity index (χ0n) is 12.6. The zero-order chi connectivity index (χ0) is 13.8. The van der Waals surface area contributed by atoms with Crippen LogP contribution in [0.1, 0.15) is 48.5 Å². The quantitative estimate of drug-likeness (QED) is 0.628. The van der Waals surface area contributed by atoms with Crippen LogP contribution < -0.4 is 0 Å². The maximum Gasteiger partial charge on any atom is 0.350 e. The maximum atomic E-state index is 6.53. The summed E-state index contributed by atoms with van der Waals surface area (Å²) in [5, 5.41) is 0.0757. The second-order valence-electron chi connectivity index (χ2n) is 7.45. The van der Waals surface area contributed by atoms with Gasteiger partial charge in [0.1, 0.15) is 12.2 Å². The van der Waals surface area contributed by atoms with Crippen LogP contribution in [-0.2, 0) is 13.6 Å². The molecule has 3 nitrogen and oxygen atoms in total. The summed E-state index contributed by atoms with van der Waals surface area (Å²) in [6.07, 6.45) is 3.92. The van der Waals surface area contributed by atoms with E-state index in [1.165, 1.54) is 0 Å². The average Bonchev–Trinajstić information content (AvgIpc) is 2.57. The van der Waals surface area contributed by atoms with E-state index in [9.17, 15) is 0 Å². The van der Waals surface area contributed by atoms with Crippen LogP contribution in [0.5, 0.6) is 0 Å². The van der Waals surface area contributed by atoms with Gasteiger partial charge in [-0.15, -0.1) is 0 Å². The molecule has 2 rings (SSSR count). The molecule has 0 aromatic rings. The Balaban J connectivity index is 2.39. The lowest BCUT2D eigenvalue weighted by Gasteiger charge is -2.45. The second kappa shape index (κ2) is 4.08. The normalized spacial score (nSPS) is 35.2. The van der Waals surface area contributed by atoms with Gasteiger partial charge in [-0.3, -0.25) is 0 Å². The Morgan fingerprint density at radius 1 is 0.944 bits per heavy atom. The minimum absolute atomic E-state index is 0.0378. The van der Waals surface area contributed by atoms with Crippen molar-refractivity contribution >= 4 is 8.56 Å². The first-order chi connectivity index (χ1) is 8.08. The molecule has 0 N–H and O–H groups in total. The van der Waals surface area contributed by atoms with Crippen LogP contribution in [0.15, 0.2) is 12.3 Å². The van der Waals surface area contributed by atoms with E-state index in [1.807, 2.05) is 6.08 Å². The summed E-state index contributed by atoms with van der Waals surface area (Å²) in [5.74, 6) is 0. The summed E-state index contributed by atoms with van der Waals surface area (Å²) in [7, 11) is -2.34. The van der Waals surface area contributed by atoms with Crippen molar-refractivity contribution < 1.29 is 13.6 Å². The van der Waals surface area contributed by atoms with Crippen molar-refractivity contribution in [2.24, 2.45) is 0 Å². The van der Waals surface area contributed by atoms with Gasteiger partial charge in [-0.2, -0.15) is 0 Å². The predicted octanol–water partition coefficient (Wildman–Crippen LogP) is 3.75. The van der Waals surface area contributed by atoms with Gasteiger partial charge in [0, 0.05) is 10.1 Å². The van der Waals surface area contributed by atoms with Crippen LogP contribution >= 0.6 is 0 Å². The van der Waals surface area contributed by atoms with Gasteiger partial charge in [0.2, 0.25) is 0 Å². The van der Waals surface area contributed by atoms with Crippen molar-refractivity contribution in [3.63, 3.8) is 0 Å². The van der Waals surface area contributed by atoms with E-state index in [0.717, 1.165) is 0 Å². The molecule has 3 atom stereocenters. The monoisotopic (exact) mass is 270 g/mol. The molecular weight excluding hydrogens is 244 g/mol. The number of hydrogen-bond acceptors (Lipinski definition) is 3. The van der Waals surface area contributed by atoms with E-state index in [1.54, 1.807) is 6.26 Å². The van der Waals surface area contributed by atoms with Crippen LogP contribution in [0.25, 0.3) is 0 Å². The van der Waals surface area contributed by atoms with Gasteiger partial charge in [-0.1, -0.05) is 41.5 Å². The highest BCUT2D eigenvalue weighted by Gasteiger charge is 2.65. The molecule has 0 unspecified atom stereocenters. The molecule has 1 fully saturated rings. The molecule has 0 radical (unpaired) electrons. The van der Waals surface area contributed by atoms with E-state index < -0.39 is 8.56 Å². The summed E-state index contributed by atoms with van der Waals surface area (Å²) < 4.78 is 18.6. The van der Waals surface area contributed by atoms with Crippen LogP contribution in [0.3, 0.4) is 0 Å². The van der Waals surface area contributed by atoms with Crippen molar-refractivity contribution in [2.75, 3.05) is 0 Å². The van der Waals surface area contributed by atoms with Gasteiger partial charge in [-0.25, -0.2) is 0 Å². The molecule has 104 valence electrons. The lowest BCUT2D eigenvalue weighted by atomic mass is 10.1. The molecule has 1 saturated heterocycles. The summed E-state index contributed by atoms with van der Waals surface area (Å²) in [4.78, 5) is 0. The molecule has 2 aliphatic rings. The lowest BCUT2D eigenvalue weighted by Crippen LogP contribution is -2.54. The van der Waals surface area contributed by atoms with Crippen LogP contribution in [0, 0.1) is 0 Å². The third-order valence-electron chi connectivity index (χ3n) is 3.93. The first-order valence-electron chi connectivity index (χ1n) is 6.76. The van der Waals surface area contributed by atoms with Crippen molar-refractivity contribution in [3.8, 4) is 0 Å². The summed E-state index contributed by atoms with van der Waals surface area (Å²) >= 11 is 0. The van der Waals surface area contributed by atoms with Gasteiger partial charge in [0.15, 0.2) is 0 Å². The zero-order valence-corrected chi connectivity index (χ0v) is 13.6. The highest BCUT2D eigenvalue weighted by atomic mass is 28.4. The maximum absolute atomic E-state index is 6.53. The standard InChI is InChI=1S/C14H26O3Si/c1-10-12-11(8-9-15-10)16-18(17-12,13(2,3)4)14(5,6)7/h8-12H,1-7H3/t10-,11-,12+/m0/s1. The van der Waals surface area contributed by atoms with Crippen LogP contribution in [0.2, 0.25) is 10.1 Å². The van der Waals surface area contributed by atoms with E-state index >= 15 is 0 Å². The molecule has 2 heterocycles. The molecule has 18 heavy (non-hydrogen) atoms. The molecular formula is C14H26O3Si. The lowest BCUT2D eigenvalue weighted by molar-refractivity contribution is 0.0127. The molecule has 0 saturated carbocycles. The molecule has 0 aliphatic carbocycles. The fraction of sp³-hybridized carbons (Fsp3) is 0.857. The Bertz CT molecular complexity index is 337. The Hall–Kier alpha value is -0.323. The van der Waals surface area contributed by atoms with Gasteiger partial charge >= 0.3 is 8.56 Å². The summed E-state index contributed by atoms with van der Waals surface area (Å²) in [6.45, 7) is 15.5. The fourth-order valence-corrected chi connectivity index (χ4v) is 8.24. The van der Waals surface area contributed by atoms with Gasteiger partial charge < -0.3 is 13.6 Å². The first kappa shape index (κ1) is 14.1. The van der Waals surface area contributed by atoms with E-state index in [0.29, 0.717) is 0 Å². The van der Waals surface area contributed by atoms with Crippen molar-refractivity contribution in [3.05, 3.63) is 12.3 Å². The minimum Gasteiger partial charge on any atom is -0.496 e. The Kier molecular flexibility index (Phi) is 3.20. The average molecular weight is 270 g/mol. The Labute approximate surface area is 112 Å². The molecule has 0 aromatic heterocycles. The molecule has 2 aliphatic heterocycles. The van der Waals surface area contributed by atoms with Crippen molar-refractivity contribution in [2.45, 2.75) is 76.9 Å². The number of hydrogen-bond donors (Lipinski definition) is 0. The Morgan fingerprint density at radius 3 is 1.94 bits per heavy atom. The third kappa shape index (κ3) is 1.94. The van der Waals surface area contributed by atoms with Gasteiger partial charge in [-0.05, 0) is 13.0 Å². The predicted molar refractivity (Wildman–Crippen MR) is 74.6 cm³/mol. The van der Waals surface area contributed by atoms with Crippen LogP contribution in [-0.4, -0.2) is 26.9 Å². The second-order valence-corrected chi connectivity index (χ2v) is 12.2. The van der Waals surface area contributed by atoms with E-state index in [2.05, 4.69) is 48.5 Å². The molecule has 0 spiro atoms. The number of rotatable bonds is 0. The molecule has 0 bridgehead atoms. The van der Waals surface area contributed by atoms with E-state index in [-0.39, 0.29) is 28.4 Å². The summed E-state index contributed by atoms with van der Waals surface area (Å²) in [5.41, 5.74) is 0. The topological polar surface area (TPSA) is 27.7 Å². The number of fused-ring (bicyclic) bond motifs is 1. The molecule has 4 heteroatoms. The van der Waals surface area contributed by atoms with Crippen LogP contribution in [0.4, 0.5) is 0 Å². The minimum atomic E-state index is -2.34. The molecule has 0 aromatic carbocycles. The van der Waals surface area contributed by atoms with Crippen molar-refractivity contribution in [1.29, 1.82) is 0 Å². The summed E-state index contributed by atoms with van der Waals surface area (Å²) in [6, 6.07) is 0. The Morgan fingerprint density at radius 2 is 1.50 bits per heavy atom. The third-order valence-corrected chi connectivity index (χ3v) is 9.08. The van der Waals surface area contributed by atoms with E-state index in [4.69, 9.17) is 13.6 Å². The SMILES string of the molecule is C[C@@H]1OC=C[C@@H]2O[Si](C(C)(C)C)(C(C)(C)C)O[C@H]12. The smallest absolute Gasteiger partial charge is 0.350 e. The molecule has 0 amide bonds. The fourth-order valence-electron chi connectivity index (χ4n) is 3.21. The van der Waals surface area contributed by atoms with Gasteiger partial charge in [0.25, 0.3) is 0 Å². The van der Waals surface area contributed by atoms with Crippen molar-refractivity contribution in [1.82, 2.24) is 0 Å². The number of ether oxygens (including phenoxy) is 1. The highest BCUT2D eigenvalue weighted by Crippen LogP contribution is 2.56. The highest BCUT2D eigenvalue weighted by molar-refractivity contribution is 6.74. The first-order valence-corrected chi connectivity index (χ1v) is 8.58.